The summed E-state index contributed by atoms with van der Waals surface area (Å²) in [5.41, 5.74) is 5.42. The van der Waals surface area contributed by atoms with Crippen LogP contribution in [0.25, 0.3) is 15.3 Å². The first-order chi connectivity index (χ1) is 16.8. The third-order valence-corrected chi connectivity index (χ3v) is 7.43. The highest BCUT2D eigenvalue weighted by Crippen LogP contribution is 2.35. The maximum Gasteiger partial charge on any atom is 0.226 e. The maximum atomic E-state index is 13.5. The van der Waals surface area contributed by atoms with Crippen LogP contribution in [0.5, 0.6) is 0 Å². The quantitative estimate of drug-likeness (QED) is 0.329. The summed E-state index contributed by atoms with van der Waals surface area (Å²) < 4.78 is 2.95. The van der Waals surface area contributed by atoms with E-state index in [1.54, 1.807) is 11.3 Å². The molecule has 0 bridgehead atoms. The van der Waals surface area contributed by atoms with Gasteiger partial charge in [0.2, 0.25) is 11.0 Å². The Labute approximate surface area is 202 Å². The molecule has 6 heteroatoms. The summed E-state index contributed by atoms with van der Waals surface area (Å²) in [6, 6.07) is 28.6. The maximum absolute atomic E-state index is 13.5. The van der Waals surface area contributed by atoms with Crippen molar-refractivity contribution < 1.29 is 4.79 Å². The number of anilines is 1. The molecular formula is C28H24N4OS. The molecule has 0 saturated heterocycles. The van der Waals surface area contributed by atoms with Gasteiger partial charge in [0.25, 0.3) is 0 Å². The molecule has 1 amide bonds. The molecule has 0 unspecified atom stereocenters. The number of carbonyl (C=O) groups is 1. The molecule has 0 aliphatic heterocycles. The fourth-order valence-corrected chi connectivity index (χ4v) is 5.70. The molecule has 2 aromatic heterocycles. The van der Waals surface area contributed by atoms with Crippen molar-refractivity contribution >= 4 is 33.3 Å². The van der Waals surface area contributed by atoms with Crippen molar-refractivity contribution in [2.45, 2.75) is 31.6 Å². The van der Waals surface area contributed by atoms with E-state index in [1.807, 2.05) is 59.3 Å². The summed E-state index contributed by atoms with van der Waals surface area (Å²) in [5.74, 6) is 0.736. The lowest BCUT2D eigenvalue weighted by Gasteiger charge is -2.18. The number of benzene rings is 3. The topological polar surface area (TPSA) is 59.8 Å². The summed E-state index contributed by atoms with van der Waals surface area (Å²) in [5, 5.41) is 8.87. The van der Waals surface area contributed by atoms with Gasteiger partial charge in [0.15, 0.2) is 0 Å². The van der Waals surface area contributed by atoms with Crippen LogP contribution < -0.4 is 5.32 Å². The number of nitrogens with zero attached hydrogens (tertiary/aromatic N) is 3. The van der Waals surface area contributed by atoms with Crippen molar-refractivity contribution in [3.05, 3.63) is 107 Å². The van der Waals surface area contributed by atoms with E-state index in [1.165, 1.54) is 0 Å². The molecule has 1 aliphatic carbocycles. The molecule has 6 rings (SSSR count). The van der Waals surface area contributed by atoms with Gasteiger partial charge in [0.1, 0.15) is 5.82 Å². The van der Waals surface area contributed by atoms with Gasteiger partial charge in [-0.15, -0.1) is 0 Å². The molecule has 168 valence electrons. The van der Waals surface area contributed by atoms with E-state index in [4.69, 9.17) is 10.1 Å². The lowest BCUT2D eigenvalue weighted by atomic mass is 9.88. The van der Waals surface area contributed by atoms with Crippen LogP contribution in [0.2, 0.25) is 0 Å². The predicted molar refractivity (Wildman–Crippen MR) is 137 cm³/mol. The second kappa shape index (κ2) is 8.88. The van der Waals surface area contributed by atoms with E-state index in [0.717, 1.165) is 62.8 Å². The Morgan fingerprint density at radius 3 is 2.29 bits per heavy atom. The minimum absolute atomic E-state index is 0.0188. The van der Waals surface area contributed by atoms with Crippen LogP contribution in [-0.4, -0.2) is 20.7 Å². The third kappa shape index (κ3) is 3.90. The first-order valence-corrected chi connectivity index (χ1v) is 12.4. The molecule has 0 radical (unpaired) electrons. The van der Waals surface area contributed by atoms with Crippen molar-refractivity contribution in [1.29, 1.82) is 0 Å². The predicted octanol–water partition coefficient (Wildman–Crippen LogP) is 6.13. The Hall–Kier alpha value is -3.77. The van der Waals surface area contributed by atoms with Gasteiger partial charge in [0, 0.05) is 17.9 Å². The van der Waals surface area contributed by atoms with Crippen molar-refractivity contribution in [1.82, 2.24) is 14.8 Å². The molecule has 2 heterocycles. The van der Waals surface area contributed by atoms with Gasteiger partial charge in [-0.3, -0.25) is 4.79 Å². The first-order valence-electron chi connectivity index (χ1n) is 11.6. The molecular weight excluding hydrogens is 440 g/mol. The highest BCUT2D eigenvalue weighted by Gasteiger charge is 2.27. The van der Waals surface area contributed by atoms with Gasteiger partial charge in [-0.2, -0.15) is 9.78 Å². The van der Waals surface area contributed by atoms with Crippen molar-refractivity contribution in [3.63, 3.8) is 0 Å². The number of hydrogen-bond donors (Lipinski definition) is 1. The summed E-state index contributed by atoms with van der Waals surface area (Å²) in [7, 11) is 0. The Morgan fingerprint density at radius 1 is 0.912 bits per heavy atom. The minimum atomic E-state index is -0.0192. The van der Waals surface area contributed by atoms with E-state index < -0.39 is 0 Å². The number of aromatic nitrogens is 3. The van der Waals surface area contributed by atoms with Crippen LogP contribution in [-0.2, 0) is 17.6 Å². The van der Waals surface area contributed by atoms with E-state index in [2.05, 4.69) is 35.6 Å². The van der Waals surface area contributed by atoms with Gasteiger partial charge in [-0.25, -0.2) is 4.98 Å². The van der Waals surface area contributed by atoms with Crippen molar-refractivity contribution in [2.75, 3.05) is 5.32 Å². The van der Waals surface area contributed by atoms with Crippen LogP contribution in [0.3, 0.4) is 0 Å². The Morgan fingerprint density at radius 2 is 1.59 bits per heavy atom. The molecule has 0 spiro atoms. The van der Waals surface area contributed by atoms with Gasteiger partial charge < -0.3 is 5.32 Å². The number of hydrogen-bond acceptors (Lipinski definition) is 4. The van der Waals surface area contributed by atoms with Crippen LogP contribution in [0.1, 0.15) is 41.1 Å². The van der Waals surface area contributed by atoms with Gasteiger partial charge in [-0.1, -0.05) is 84.1 Å². The molecule has 0 saturated carbocycles. The van der Waals surface area contributed by atoms with Crippen molar-refractivity contribution in [2.24, 2.45) is 0 Å². The molecule has 3 aromatic carbocycles. The Kier molecular flexibility index (Phi) is 5.43. The van der Waals surface area contributed by atoms with Gasteiger partial charge >= 0.3 is 0 Å². The average Bonchev–Trinajstić information content (AvgIpc) is 3.59. The zero-order chi connectivity index (χ0) is 22.9. The highest BCUT2D eigenvalue weighted by molar-refractivity contribution is 7.20. The first kappa shape index (κ1) is 20.8. The highest BCUT2D eigenvalue weighted by atomic mass is 32.1. The minimum Gasteiger partial charge on any atom is -0.310 e. The van der Waals surface area contributed by atoms with E-state index in [0.29, 0.717) is 6.42 Å². The lowest BCUT2D eigenvalue weighted by molar-refractivity contribution is -0.116. The normalized spacial score (nSPS) is 12.9. The van der Waals surface area contributed by atoms with Crippen LogP contribution in [0.15, 0.2) is 84.9 Å². The van der Waals surface area contributed by atoms with E-state index >= 15 is 0 Å². The molecule has 5 aromatic rings. The van der Waals surface area contributed by atoms with E-state index in [-0.39, 0.29) is 11.8 Å². The molecule has 0 atom stereocenters. The zero-order valence-electron chi connectivity index (χ0n) is 18.6. The monoisotopic (exact) mass is 464 g/mol. The summed E-state index contributed by atoms with van der Waals surface area (Å²) in [6.07, 6.45) is 3.29. The number of rotatable bonds is 6. The molecule has 0 fully saturated rings. The Balaban J connectivity index is 1.33. The van der Waals surface area contributed by atoms with E-state index in [9.17, 15) is 4.79 Å². The lowest BCUT2D eigenvalue weighted by Crippen LogP contribution is -2.19. The largest absolute Gasteiger partial charge is 0.310 e. The van der Waals surface area contributed by atoms with Crippen LogP contribution in [0, 0.1) is 0 Å². The summed E-state index contributed by atoms with van der Waals surface area (Å²) >= 11 is 1.59. The summed E-state index contributed by atoms with van der Waals surface area (Å²) in [6.45, 7) is 0. The molecule has 5 nitrogen and oxygen atoms in total. The Bertz CT molecular complexity index is 1380. The second-order valence-corrected chi connectivity index (χ2v) is 9.64. The number of carbonyl (C=O) groups excluding carboxylic acids is 1. The standard InChI is InChI=1S/C28H24N4OS/c33-26(18-22(19-10-3-1-4-11-19)20-12-5-2-6-13-20)30-27-21-14-9-16-23(21)31-32(27)28-29-24-15-7-8-17-25(24)34-28/h1-8,10-13,15,17,22H,9,14,16,18H2,(H,30,33). The van der Waals surface area contributed by atoms with Crippen molar-refractivity contribution in [3.8, 4) is 5.13 Å². The molecule has 1 N–H and O–H groups in total. The number of para-hydroxylation sites is 1. The van der Waals surface area contributed by atoms with Gasteiger partial charge in [-0.05, 0) is 42.5 Å². The smallest absolute Gasteiger partial charge is 0.226 e. The number of nitrogens with one attached hydrogen (secondary N) is 1. The molecule has 1 aliphatic rings. The SMILES string of the molecule is O=C(CC(c1ccccc1)c1ccccc1)Nc1c2c(nn1-c1nc3ccccc3s1)CCC2. The van der Waals surface area contributed by atoms with Crippen LogP contribution in [0.4, 0.5) is 5.82 Å². The fourth-order valence-electron chi connectivity index (χ4n) is 4.78. The summed E-state index contributed by atoms with van der Waals surface area (Å²) in [4.78, 5) is 18.2. The number of aryl methyl sites for hydroxylation is 1. The fraction of sp³-hybridized carbons (Fsp3) is 0.179. The zero-order valence-corrected chi connectivity index (χ0v) is 19.5. The number of thiazole rings is 1. The van der Waals surface area contributed by atoms with Crippen LogP contribution >= 0.6 is 11.3 Å². The number of amides is 1. The third-order valence-electron chi connectivity index (χ3n) is 6.42. The van der Waals surface area contributed by atoms with Gasteiger partial charge in [0.05, 0.1) is 15.9 Å². The molecule has 34 heavy (non-hydrogen) atoms. The number of fused-ring (bicyclic) bond motifs is 2. The second-order valence-electron chi connectivity index (χ2n) is 8.63. The average molecular weight is 465 g/mol.